The lowest BCUT2D eigenvalue weighted by Crippen LogP contribution is -2.36. The molecular weight excluding hydrogens is 256 g/mol. The van der Waals surface area contributed by atoms with E-state index in [4.69, 9.17) is 5.73 Å². The predicted molar refractivity (Wildman–Crippen MR) is 89.1 cm³/mol. The Balaban J connectivity index is 2.30. The van der Waals surface area contributed by atoms with E-state index >= 15 is 0 Å². The van der Waals surface area contributed by atoms with Crippen molar-refractivity contribution in [2.75, 3.05) is 6.54 Å². The van der Waals surface area contributed by atoms with Crippen LogP contribution < -0.4 is 5.73 Å². The van der Waals surface area contributed by atoms with E-state index < -0.39 is 0 Å². The number of rotatable bonds is 3. The van der Waals surface area contributed by atoms with Crippen LogP contribution in [0.2, 0.25) is 0 Å². The molecule has 3 rings (SSSR count). The molecule has 2 unspecified atom stereocenters. The standard InChI is InChI=1S/C19H20N2/c1-2-10-19(11-6-5-8-16(19)12-20)18-14-21-13-15-7-3-4-9-17(15)18/h2-11,13-14,16H,12,20H2,1H3. The van der Waals surface area contributed by atoms with E-state index in [-0.39, 0.29) is 11.3 Å². The molecule has 0 fully saturated rings. The normalized spacial score (nSPS) is 25.0. The Hall–Kier alpha value is -2.19. The maximum atomic E-state index is 6.05. The van der Waals surface area contributed by atoms with Crippen LogP contribution in [0.3, 0.4) is 0 Å². The van der Waals surface area contributed by atoms with Gasteiger partial charge in [-0.1, -0.05) is 60.7 Å². The van der Waals surface area contributed by atoms with Crippen LogP contribution in [0.5, 0.6) is 0 Å². The third kappa shape index (κ3) is 2.22. The molecule has 1 aliphatic carbocycles. The van der Waals surface area contributed by atoms with Gasteiger partial charge < -0.3 is 5.73 Å². The van der Waals surface area contributed by atoms with Crippen LogP contribution in [0.1, 0.15) is 12.5 Å². The van der Waals surface area contributed by atoms with Gasteiger partial charge in [-0.3, -0.25) is 4.98 Å². The molecule has 0 saturated heterocycles. The fourth-order valence-electron chi connectivity index (χ4n) is 3.27. The zero-order valence-corrected chi connectivity index (χ0v) is 12.2. The van der Waals surface area contributed by atoms with E-state index in [1.165, 1.54) is 10.9 Å². The minimum atomic E-state index is -0.216. The van der Waals surface area contributed by atoms with Gasteiger partial charge in [0, 0.05) is 35.7 Å². The van der Waals surface area contributed by atoms with Gasteiger partial charge in [0.15, 0.2) is 0 Å². The molecule has 0 aliphatic heterocycles. The Morgan fingerprint density at radius 2 is 2.10 bits per heavy atom. The van der Waals surface area contributed by atoms with Crippen LogP contribution in [0.4, 0.5) is 0 Å². The largest absolute Gasteiger partial charge is 0.330 e. The van der Waals surface area contributed by atoms with Crippen molar-refractivity contribution in [3.63, 3.8) is 0 Å². The van der Waals surface area contributed by atoms with E-state index in [9.17, 15) is 0 Å². The van der Waals surface area contributed by atoms with E-state index in [0.29, 0.717) is 6.54 Å². The molecule has 0 spiro atoms. The van der Waals surface area contributed by atoms with Crippen LogP contribution in [0.25, 0.3) is 10.8 Å². The quantitative estimate of drug-likeness (QED) is 0.867. The van der Waals surface area contributed by atoms with Crippen molar-refractivity contribution in [1.29, 1.82) is 0 Å². The lowest BCUT2D eigenvalue weighted by molar-refractivity contribution is 0.482. The highest BCUT2D eigenvalue weighted by molar-refractivity contribution is 5.86. The highest BCUT2D eigenvalue weighted by atomic mass is 14.6. The van der Waals surface area contributed by atoms with E-state index in [1.807, 2.05) is 18.5 Å². The van der Waals surface area contributed by atoms with Crippen molar-refractivity contribution < 1.29 is 0 Å². The summed E-state index contributed by atoms with van der Waals surface area (Å²) in [6.07, 6.45) is 16.9. The van der Waals surface area contributed by atoms with Crippen LogP contribution in [-0.4, -0.2) is 11.5 Å². The van der Waals surface area contributed by atoms with Gasteiger partial charge in [-0.15, -0.1) is 0 Å². The molecule has 2 heteroatoms. The summed E-state index contributed by atoms with van der Waals surface area (Å²) >= 11 is 0. The first-order valence-electron chi connectivity index (χ1n) is 7.35. The number of fused-ring (bicyclic) bond motifs is 1. The number of pyridine rings is 1. The van der Waals surface area contributed by atoms with E-state index in [0.717, 1.165) is 5.39 Å². The highest BCUT2D eigenvalue weighted by Crippen LogP contribution is 2.41. The van der Waals surface area contributed by atoms with Gasteiger partial charge in [0.1, 0.15) is 0 Å². The third-order valence-corrected chi connectivity index (χ3v) is 4.27. The van der Waals surface area contributed by atoms with Crippen molar-refractivity contribution in [3.8, 4) is 0 Å². The zero-order valence-electron chi connectivity index (χ0n) is 12.2. The number of hydrogen-bond acceptors (Lipinski definition) is 2. The summed E-state index contributed by atoms with van der Waals surface area (Å²) < 4.78 is 0. The minimum absolute atomic E-state index is 0.216. The molecule has 21 heavy (non-hydrogen) atoms. The first kappa shape index (κ1) is 13.8. The smallest absolute Gasteiger partial charge is 0.0411 e. The van der Waals surface area contributed by atoms with E-state index in [1.54, 1.807) is 0 Å². The van der Waals surface area contributed by atoms with Crippen LogP contribution in [0.15, 0.2) is 73.1 Å². The number of benzene rings is 1. The van der Waals surface area contributed by atoms with Crippen molar-refractivity contribution in [1.82, 2.24) is 4.98 Å². The summed E-state index contributed by atoms with van der Waals surface area (Å²) in [7, 11) is 0. The van der Waals surface area contributed by atoms with Crippen LogP contribution >= 0.6 is 0 Å². The van der Waals surface area contributed by atoms with Crippen molar-refractivity contribution in [2.24, 2.45) is 11.7 Å². The molecule has 2 aromatic rings. The van der Waals surface area contributed by atoms with Gasteiger partial charge in [-0.25, -0.2) is 0 Å². The van der Waals surface area contributed by atoms with Gasteiger partial charge in [0.05, 0.1) is 0 Å². The molecule has 1 aromatic carbocycles. The summed E-state index contributed by atoms with van der Waals surface area (Å²) in [4.78, 5) is 4.45. The molecular formula is C19H20N2. The first-order valence-corrected chi connectivity index (χ1v) is 7.35. The molecule has 106 valence electrons. The number of hydrogen-bond donors (Lipinski definition) is 1. The Morgan fingerprint density at radius 3 is 2.90 bits per heavy atom. The number of nitrogens with two attached hydrogens (primary N) is 1. The first-order chi connectivity index (χ1) is 10.3. The summed E-state index contributed by atoms with van der Waals surface area (Å²) in [6, 6.07) is 8.40. The number of allylic oxidation sites excluding steroid dienone is 5. The average molecular weight is 276 g/mol. The molecule has 0 saturated carbocycles. The molecule has 2 nitrogen and oxygen atoms in total. The minimum Gasteiger partial charge on any atom is -0.330 e. The van der Waals surface area contributed by atoms with Crippen molar-refractivity contribution in [2.45, 2.75) is 12.3 Å². The molecule has 0 amide bonds. The summed E-state index contributed by atoms with van der Waals surface area (Å²) in [6.45, 7) is 2.66. The Labute approximate surface area is 125 Å². The van der Waals surface area contributed by atoms with Crippen LogP contribution in [-0.2, 0) is 5.41 Å². The lowest BCUT2D eigenvalue weighted by Gasteiger charge is -2.36. The molecule has 1 aromatic heterocycles. The maximum absolute atomic E-state index is 6.05. The Bertz CT molecular complexity index is 722. The van der Waals surface area contributed by atoms with Gasteiger partial charge in [-0.2, -0.15) is 0 Å². The second-order valence-corrected chi connectivity index (χ2v) is 5.43. The second kappa shape index (κ2) is 5.66. The highest BCUT2D eigenvalue weighted by Gasteiger charge is 2.36. The second-order valence-electron chi connectivity index (χ2n) is 5.43. The molecule has 1 aliphatic rings. The zero-order chi connectivity index (χ0) is 14.7. The topological polar surface area (TPSA) is 38.9 Å². The van der Waals surface area contributed by atoms with Crippen molar-refractivity contribution >= 4 is 10.8 Å². The monoisotopic (exact) mass is 276 g/mol. The average Bonchev–Trinajstić information content (AvgIpc) is 2.55. The molecule has 2 N–H and O–H groups in total. The Kier molecular flexibility index (Phi) is 3.72. The summed E-state index contributed by atoms with van der Waals surface area (Å²) in [5, 5.41) is 2.40. The van der Waals surface area contributed by atoms with Gasteiger partial charge >= 0.3 is 0 Å². The number of aromatic nitrogens is 1. The fourth-order valence-corrected chi connectivity index (χ4v) is 3.27. The van der Waals surface area contributed by atoms with Gasteiger partial charge in [-0.05, 0) is 17.9 Å². The van der Waals surface area contributed by atoms with Gasteiger partial charge in [0.2, 0.25) is 0 Å². The third-order valence-electron chi connectivity index (χ3n) is 4.27. The maximum Gasteiger partial charge on any atom is 0.0411 e. The molecule has 0 radical (unpaired) electrons. The van der Waals surface area contributed by atoms with Crippen molar-refractivity contribution in [3.05, 3.63) is 78.7 Å². The predicted octanol–water partition coefficient (Wildman–Crippen LogP) is 3.75. The summed E-state index contributed by atoms with van der Waals surface area (Å²) in [5.41, 5.74) is 7.05. The molecule has 0 bridgehead atoms. The van der Waals surface area contributed by atoms with E-state index in [2.05, 4.69) is 66.6 Å². The SMILES string of the molecule is CC=CC1(c2cncc3ccccc23)C=CC=CC1CN. The number of nitrogens with zero attached hydrogens (tertiary/aromatic N) is 1. The summed E-state index contributed by atoms with van der Waals surface area (Å²) in [5.74, 6) is 0.242. The lowest BCUT2D eigenvalue weighted by atomic mass is 9.67. The fraction of sp³-hybridized carbons (Fsp3) is 0.211. The molecule has 1 heterocycles. The Morgan fingerprint density at radius 1 is 1.24 bits per heavy atom. The van der Waals surface area contributed by atoms with Gasteiger partial charge in [0.25, 0.3) is 0 Å². The van der Waals surface area contributed by atoms with Crippen LogP contribution in [0, 0.1) is 5.92 Å². The molecule has 2 atom stereocenters.